The Balaban J connectivity index is 5.30. The van der Waals surface area contributed by atoms with Gasteiger partial charge < -0.3 is 24.3 Å². The largest absolute Gasteiger partial charge is 0.465 e. The second kappa shape index (κ2) is 6.74. The van der Waals surface area contributed by atoms with Gasteiger partial charge in [0.25, 0.3) is 0 Å². The fourth-order valence-electron chi connectivity index (χ4n) is 1.35. The van der Waals surface area contributed by atoms with Gasteiger partial charge in [-0.15, -0.1) is 0 Å². The molecule has 0 radical (unpaired) electrons. The van der Waals surface area contributed by atoms with E-state index in [1.54, 1.807) is 0 Å². The maximum atomic E-state index is 11.4. The SMILES string of the molecule is CCOC(=O)C(CC(P(=O)(O)O)P(=O)(O)O)C(C)=O. The maximum Gasteiger partial charge on any atom is 0.340 e. The summed E-state index contributed by atoms with van der Waals surface area (Å²) >= 11 is 0. The van der Waals surface area contributed by atoms with Gasteiger partial charge in [0.2, 0.25) is 0 Å². The van der Waals surface area contributed by atoms with Gasteiger partial charge in [-0.1, -0.05) is 0 Å². The Labute approximate surface area is 109 Å². The van der Waals surface area contributed by atoms with Gasteiger partial charge in [0, 0.05) is 0 Å². The topological polar surface area (TPSA) is 158 Å². The molecule has 1 atom stereocenters. The average Bonchev–Trinajstić information content (AvgIpc) is 2.13. The Morgan fingerprint density at radius 1 is 1.11 bits per heavy atom. The van der Waals surface area contributed by atoms with Crippen molar-refractivity contribution in [2.45, 2.75) is 25.7 Å². The molecule has 0 aromatic carbocycles. The first-order chi connectivity index (χ1) is 8.41. The summed E-state index contributed by atoms with van der Waals surface area (Å²) in [6, 6.07) is 0. The van der Waals surface area contributed by atoms with E-state index < -0.39 is 44.7 Å². The third kappa shape index (κ3) is 5.95. The van der Waals surface area contributed by atoms with E-state index in [4.69, 9.17) is 19.6 Å². The molecule has 0 fully saturated rings. The lowest BCUT2D eigenvalue weighted by Crippen LogP contribution is -2.28. The van der Waals surface area contributed by atoms with E-state index in [-0.39, 0.29) is 6.61 Å². The van der Waals surface area contributed by atoms with Crippen molar-refractivity contribution >= 4 is 26.9 Å². The Bertz CT molecular complexity index is 412. The molecule has 0 aliphatic rings. The van der Waals surface area contributed by atoms with Gasteiger partial charge in [0.05, 0.1) is 6.61 Å². The summed E-state index contributed by atoms with van der Waals surface area (Å²) in [5.41, 5.74) is 0. The molecule has 0 saturated heterocycles. The molecular formula is C8H16O9P2. The van der Waals surface area contributed by atoms with Crippen LogP contribution < -0.4 is 0 Å². The summed E-state index contributed by atoms with van der Waals surface area (Å²) in [4.78, 5) is 58.3. The molecule has 0 heterocycles. The van der Waals surface area contributed by atoms with Crippen LogP contribution in [0.3, 0.4) is 0 Å². The number of ketones is 1. The minimum absolute atomic E-state index is 0.0703. The van der Waals surface area contributed by atoms with Gasteiger partial charge in [-0.25, -0.2) is 0 Å². The zero-order valence-corrected chi connectivity index (χ0v) is 12.1. The number of ether oxygens (including phenoxy) is 1. The number of rotatable bonds is 7. The average molecular weight is 318 g/mol. The van der Waals surface area contributed by atoms with Crippen molar-refractivity contribution in [3.63, 3.8) is 0 Å². The number of carbonyl (C=O) groups is 2. The molecule has 0 amide bonds. The van der Waals surface area contributed by atoms with Crippen LogP contribution in [0.4, 0.5) is 0 Å². The monoisotopic (exact) mass is 318 g/mol. The lowest BCUT2D eigenvalue weighted by molar-refractivity contribution is -0.151. The second-order valence-corrected chi connectivity index (χ2v) is 7.82. The molecule has 0 aliphatic heterocycles. The smallest absolute Gasteiger partial charge is 0.340 e. The fraction of sp³-hybridized carbons (Fsp3) is 0.750. The lowest BCUT2D eigenvalue weighted by Gasteiger charge is -2.22. The summed E-state index contributed by atoms with van der Waals surface area (Å²) in [7, 11) is -10.3. The molecule has 0 aliphatic carbocycles. The van der Waals surface area contributed by atoms with Crippen LogP contribution in [-0.4, -0.2) is 43.3 Å². The van der Waals surface area contributed by atoms with Crippen molar-refractivity contribution in [2.75, 3.05) is 6.61 Å². The molecule has 0 rings (SSSR count). The van der Waals surface area contributed by atoms with Crippen LogP contribution in [-0.2, 0) is 23.5 Å². The van der Waals surface area contributed by atoms with Crippen LogP contribution in [0.2, 0.25) is 0 Å². The maximum absolute atomic E-state index is 11.4. The molecule has 112 valence electrons. The Morgan fingerprint density at radius 3 is 1.79 bits per heavy atom. The minimum atomic E-state index is -5.17. The molecule has 0 aromatic rings. The van der Waals surface area contributed by atoms with E-state index >= 15 is 0 Å². The van der Waals surface area contributed by atoms with Crippen LogP contribution in [0.1, 0.15) is 20.3 Å². The van der Waals surface area contributed by atoms with Crippen molar-refractivity contribution in [3.05, 3.63) is 0 Å². The van der Waals surface area contributed by atoms with Crippen LogP contribution in [0, 0.1) is 5.92 Å². The van der Waals surface area contributed by atoms with Gasteiger partial charge >= 0.3 is 21.2 Å². The summed E-state index contributed by atoms with van der Waals surface area (Å²) in [5, 5.41) is -2.40. The molecule has 0 aromatic heterocycles. The van der Waals surface area contributed by atoms with Gasteiger partial charge in [-0.3, -0.25) is 18.7 Å². The highest BCUT2D eigenvalue weighted by Crippen LogP contribution is 2.62. The van der Waals surface area contributed by atoms with Crippen molar-refractivity contribution in [3.8, 4) is 0 Å². The number of Topliss-reactive ketones (excluding diaryl/α,β-unsaturated/α-hetero) is 1. The van der Waals surface area contributed by atoms with Crippen LogP contribution in [0.25, 0.3) is 0 Å². The predicted molar refractivity (Wildman–Crippen MR) is 63.3 cm³/mol. The van der Waals surface area contributed by atoms with Crippen molar-refractivity contribution in [2.24, 2.45) is 5.92 Å². The zero-order valence-electron chi connectivity index (χ0n) is 10.3. The molecule has 0 saturated carbocycles. The van der Waals surface area contributed by atoms with Crippen LogP contribution >= 0.6 is 15.2 Å². The van der Waals surface area contributed by atoms with Gasteiger partial charge in [0.15, 0.2) is 5.40 Å². The highest BCUT2D eigenvalue weighted by Gasteiger charge is 2.46. The molecule has 0 spiro atoms. The molecule has 0 bridgehead atoms. The quantitative estimate of drug-likeness (QED) is 0.284. The van der Waals surface area contributed by atoms with E-state index in [1.165, 1.54) is 6.92 Å². The van der Waals surface area contributed by atoms with Crippen LogP contribution in [0.15, 0.2) is 0 Å². The molecule has 4 N–H and O–H groups in total. The first-order valence-electron chi connectivity index (χ1n) is 5.18. The summed E-state index contributed by atoms with van der Waals surface area (Å²) in [5.74, 6) is -3.47. The standard InChI is InChI=1S/C8H16O9P2/c1-3-17-8(10)6(5(2)9)4-7(18(11,12)13)19(14,15)16/h6-7H,3-4H2,1-2H3,(H2,11,12,13)(H2,14,15,16). The highest BCUT2D eigenvalue weighted by atomic mass is 31.2. The van der Waals surface area contributed by atoms with E-state index in [0.717, 1.165) is 6.92 Å². The number of hydrogen-bond donors (Lipinski definition) is 4. The first-order valence-corrected chi connectivity index (χ1v) is 8.55. The third-order valence-corrected chi connectivity index (χ3v) is 6.06. The minimum Gasteiger partial charge on any atom is -0.465 e. The normalized spacial score (nSPS) is 14.3. The van der Waals surface area contributed by atoms with E-state index in [2.05, 4.69) is 4.74 Å². The van der Waals surface area contributed by atoms with Crippen molar-refractivity contribution in [1.29, 1.82) is 0 Å². The van der Waals surface area contributed by atoms with Gasteiger partial charge in [-0.2, -0.15) is 0 Å². The number of hydrogen-bond acceptors (Lipinski definition) is 5. The van der Waals surface area contributed by atoms with Crippen LogP contribution in [0.5, 0.6) is 0 Å². The summed E-state index contributed by atoms with van der Waals surface area (Å²) < 4.78 is 26.6. The third-order valence-electron chi connectivity index (χ3n) is 2.28. The predicted octanol–water partition coefficient (Wildman–Crippen LogP) is -0.174. The lowest BCUT2D eigenvalue weighted by atomic mass is 10.0. The summed E-state index contributed by atoms with van der Waals surface area (Å²) in [6.07, 6.45) is -0.970. The van der Waals surface area contributed by atoms with E-state index in [0.29, 0.717) is 0 Å². The van der Waals surface area contributed by atoms with E-state index in [1.807, 2.05) is 0 Å². The number of esters is 1. The van der Waals surface area contributed by atoms with Gasteiger partial charge in [0.1, 0.15) is 11.7 Å². The first kappa shape index (κ1) is 18.4. The summed E-state index contributed by atoms with van der Waals surface area (Å²) in [6.45, 7) is 2.36. The second-order valence-electron chi connectivity index (χ2n) is 3.81. The molecule has 9 nitrogen and oxygen atoms in total. The Kier molecular flexibility index (Phi) is 6.54. The molecular weight excluding hydrogens is 302 g/mol. The van der Waals surface area contributed by atoms with Crippen molar-refractivity contribution < 1.29 is 43.0 Å². The fourth-order valence-corrected chi connectivity index (χ4v) is 3.89. The van der Waals surface area contributed by atoms with Crippen molar-refractivity contribution in [1.82, 2.24) is 0 Å². The Hall–Kier alpha value is -0.560. The number of carbonyl (C=O) groups excluding carboxylic acids is 2. The highest BCUT2D eigenvalue weighted by molar-refractivity contribution is 7.70. The molecule has 19 heavy (non-hydrogen) atoms. The van der Waals surface area contributed by atoms with E-state index in [9.17, 15) is 18.7 Å². The molecule has 11 heteroatoms. The Morgan fingerprint density at radius 2 is 1.53 bits per heavy atom. The molecule has 1 unspecified atom stereocenters. The zero-order chi connectivity index (χ0) is 15.4. The van der Waals surface area contributed by atoms with Gasteiger partial charge in [-0.05, 0) is 20.3 Å².